The Balaban J connectivity index is 1.93. The number of carbonyl (C=O) groups is 1. The highest BCUT2D eigenvalue weighted by atomic mass is 16.5. The molecule has 0 aromatic carbocycles. The summed E-state index contributed by atoms with van der Waals surface area (Å²) in [5.41, 5.74) is 0. The van der Waals surface area contributed by atoms with Crippen LogP contribution < -0.4 is 5.32 Å². The van der Waals surface area contributed by atoms with Gasteiger partial charge in [0.2, 0.25) is 0 Å². The van der Waals surface area contributed by atoms with Crippen LogP contribution in [0.2, 0.25) is 0 Å². The fraction of sp³-hybridized carbons (Fsp3) is 0.929. The molecule has 104 valence electrons. The van der Waals surface area contributed by atoms with Gasteiger partial charge in [-0.05, 0) is 45.2 Å². The normalized spacial score (nSPS) is 33.4. The molecule has 18 heavy (non-hydrogen) atoms. The van der Waals surface area contributed by atoms with Gasteiger partial charge in [-0.1, -0.05) is 6.92 Å². The molecule has 2 rings (SSSR count). The highest BCUT2D eigenvalue weighted by molar-refractivity contribution is 5.70. The molecule has 2 aliphatic heterocycles. The van der Waals surface area contributed by atoms with E-state index >= 15 is 0 Å². The van der Waals surface area contributed by atoms with Gasteiger partial charge in [-0.15, -0.1) is 0 Å². The number of rotatable bonds is 5. The SMILES string of the molecule is CCOC(=O)CC(C)N1CC2CNCC2C1CC. The van der Waals surface area contributed by atoms with Crippen molar-refractivity contribution in [1.82, 2.24) is 10.2 Å². The molecule has 4 nitrogen and oxygen atoms in total. The maximum Gasteiger partial charge on any atom is 0.307 e. The Hall–Kier alpha value is -0.610. The summed E-state index contributed by atoms with van der Waals surface area (Å²) < 4.78 is 5.06. The number of nitrogens with zero attached hydrogens (tertiary/aromatic N) is 1. The lowest BCUT2D eigenvalue weighted by Gasteiger charge is -2.31. The molecular weight excluding hydrogens is 228 g/mol. The van der Waals surface area contributed by atoms with E-state index in [0.29, 0.717) is 25.1 Å². The molecule has 4 atom stereocenters. The van der Waals surface area contributed by atoms with Crippen molar-refractivity contribution in [3.63, 3.8) is 0 Å². The van der Waals surface area contributed by atoms with Gasteiger partial charge in [0.1, 0.15) is 0 Å². The third-order valence-electron chi connectivity index (χ3n) is 4.51. The molecule has 0 bridgehead atoms. The quantitative estimate of drug-likeness (QED) is 0.750. The number of nitrogens with one attached hydrogen (secondary N) is 1. The first-order valence-electron chi connectivity index (χ1n) is 7.29. The molecular formula is C14H26N2O2. The largest absolute Gasteiger partial charge is 0.466 e. The summed E-state index contributed by atoms with van der Waals surface area (Å²) >= 11 is 0. The van der Waals surface area contributed by atoms with E-state index in [2.05, 4.69) is 24.1 Å². The van der Waals surface area contributed by atoms with Gasteiger partial charge in [-0.3, -0.25) is 9.69 Å². The third kappa shape index (κ3) is 2.69. The first-order chi connectivity index (χ1) is 8.67. The van der Waals surface area contributed by atoms with Crippen LogP contribution in [-0.4, -0.2) is 49.2 Å². The smallest absolute Gasteiger partial charge is 0.307 e. The average Bonchev–Trinajstić information content (AvgIpc) is 2.87. The molecule has 0 aromatic rings. The number of carbonyl (C=O) groups excluding carboxylic acids is 1. The van der Waals surface area contributed by atoms with E-state index in [1.165, 1.54) is 6.42 Å². The van der Waals surface area contributed by atoms with E-state index in [1.807, 2.05) is 6.92 Å². The Morgan fingerprint density at radius 1 is 1.44 bits per heavy atom. The Morgan fingerprint density at radius 3 is 2.89 bits per heavy atom. The highest BCUT2D eigenvalue weighted by Gasteiger charge is 2.44. The van der Waals surface area contributed by atoms with E-state index in [-0.39, 0.29) is 5.97 Å². The van der Waals surface area contributed by atoms with E-state index in [4.69, 9.17) is 4.74 Å². The second-order valence-electron chi connectivity index (χ2n) is 5.61. The molecule has 4 unspecified atom stereocenters. The van der Waals surface area contributed by atoms with Crippen LogP contribution in [0.1, 0.15) is 33.6 Å². The van der Waals surface area contributed by atoms with Crippen LogP contribution in [0.5, 0.6) is 0 Å². The monoisotopic (exact) mass is 254 g/mol. The van der Waals surface area contributed by atoms with Gasteiger partial charge in [0.05, 0.1) is 13.0 Å². The maximum atomic E-state index is 11.6. The van der Waals surface area contributed by atoms with Crippen molar-refractivity contribution in [2.24, 2.45) is 11.8 Å². The molecule has 2 aliphatic rings. The molecule has 1 N–H and O–H groups in total. The number of likely N-dealkylation sites (tertiary alicyclic amines) is 1. The van der Waals surface area contributed by atoms with Crippen molar-refractivity contribution in [2.75, 3.05) is 26.2 Å². The van der Waals surface area contributed by atoms with Gasteiger partial charge in [0.15, 0.2) is 0 Å². The first kappa shape index (κ1) is 13.8. The van der Waals surface area contributed by atoms with Gasteiger partial charge in [0.25, 0.3) is 0 Å². The van der Waals surface area contributed by atoms with Crippen LogP contribution in [0, 0.1) is 11.8 Å². The lowest BCUT2D eigenvalue weighted by atomic mass is 9.92. The van der Waals surface area contributed by atoms with Crippen LogP contribution in [0.3, 0.4) is 0 Å². The summed E-state index contributed by atoms with van der Waals surface area (Å²) in [6.45, 7) is 10.2. The van der Waals surface area contributed by atoms with Gasteiger partial charge in [-0.2, -0.15) is 0 Å². The molecule has 0 aliphatic carbocycles. The molecule has 0 amide bonds. The molecule has 2 heterocycles. The van der Waals surface area contributed by atoms with Crippen molar-refractivity contribution in [1.29, 1.82) is 0 Å². The van der Waals surface area contributed by atoms with Crippen molar-refractivity contribution in [3.05, 3.63) is 0 Å². The number of ether oxygens (including phenoxy) is 1. The Morgan fingerprint density at radius 2 is 2.22 bits per heavy atom. The number of hydrogen-bond donors (Lipinski definition) is 1. The Kier molecular flexibility index (Phi) is 4.62. The van der Waals surface area contributed by atoms with Crippen molar-refractivity contribution < 1.29 is 9.53 Å². The standard InChI is InChI=1S/C14H26N2O2/c1-4-13-12-8-15-7-11(12)9-16(13)10(3)6-14(17)18-5-2/h10-13,15H,4-9H2,1-3H3. The van der Waals surface area contributed by atoms with Gasteiger partial charge < -0.3 is 10.1 Å². The van der Waals surface area contributed by atoms with Crippen LogP contribution in [-0.2, 0) is 9.53 Å². The minimum absolute atomic E-state index is 0.0602. The zero-order chi connectivity index (χ0) is 13.1. The summed E-state index contributed by atoms with van der Waals surface area (Å²) in [4.78, 5) is 14.1. The zero-order valence-corrected chi connectivity index (χ0v) is 11.8. The zero-order valence-electron chi connectivity index (χ0n) is 11.8. The van der Waals surface area contributed by atoms with E-state index in [9.17, 15) is 4.79 Å². The summed E-state index contributed by atoms with van der Waals surface area (Å²) in [6.07, 6.45) is 1.70. The Bertz CT molecular complexity index is 296. The van der Waals surface area contributed by atoms with Crippen molar-refractivity contribution >= 4 is 5.97 Å². The summed E-state index contributed by atoms with van der Waals surface area (Å²) in [6, 6.07) is 0.939. The molecule has 0 spiro atoms. The fourth-order valence-corrected chi connectivity index (χ4v) is 3.68. The van der Waals surface area contributed by atoms with E-state index < -0.39 is 0 Å². The van der Waals surface area contributed by atoms with Crippen LogP contribution >= 0.6 is 0 Å². The van der Waals surface area contributed by atoms with E-state index in [0.717, 1.165) is 31.5 Å². The fourth-order valence-electron chi connectivity index (χ4n) is 3.68. The van der Waals surface area contributed by atoms with Crippen LogP contribution in [0.4, 0.5) is 0 Å². The van der Waals surface area contributed by atoms with E-state index in [1.54, 1.807) is 0 Å². The molecule has 0 aromatic heterocycles. The van der Waals surface area contributed by atoms with Gasteiger partial charge in [0, 0.05) is 18.6 Å². The Labute approximate surface area is 110 Å². The lowest BCUT2D eigenvalue weighted by molar-refractivity contribution is -0.144. The average molecular weight is 254 g/mol. The molecule has 2 fully saturated rings. The third-order valence-corrected chi connectivity index (χ3v) is 4.51. The summed E-state index contributed by atoms with van der Waals surface area (Å²) in [5, 5.41) is 3.49. The first-order valence-corrected chi connectivity index (χ1v) is 7.29. The summed E-state index contributed by atoms with van der Waals surface area (Å²) in [7, 11) is 0. The molecule has 0 radical (unpaired) electrons. The minimum Gasteiger partial charge on any atom is -0.466 e. The van der Waals surface area contributed by atoms with Crippen molar-refractivity contribution in [3.8, 4) is 0 Å². The maximum absolute atomic E-state index is 11.6. The number of fused-ring (bicyclic) bond motifs is 1. The van der Waals surface area contributed by atoms with Crippen molar-refractivity contribution in [2.45, 2.75) is 45.7 Å². The predicted molar refractivity (Wildman–Crippen MR) is 71.3 cm³/mol. The minimum atomic E-state index is -0.0602. The van der Waals surface area contributed by atoms with Crippen LogP contribution in [0.25, 0.3) is 0 Å². The second kappa shape index (κ2) is 6.02. The van der Waals surface area contributed by atoms with Crippen LogP contribution in [0.15, 0.2) is 0 Å². The summed E-state index contributed by atoms with van der Waals surface area (Å²) in [5.74, 6) is 1.49. The molecule has 0 saturated carbocycles. The van der Waals surface area contributed by atoms with Gasteiger partial charge in [-0.25, -0.2) is 0 Å². The molecule has 4 heteroatoms. The number of esters is 1. The topological polar surface area (TPSA) is 41.6 Å². The number of hydrogen-bond acceptors (Lipinski definition) is 4. The highest BCUT2D eigenvalue weighted by Crippen LogP contribution is 2.35. The molecule has 2 saturated heterocycles. The van der Waals surface area contributed by atoms with Gasteiger partial charge >= 0.3 is 5.97 Å². The second-order valence-corrected chi connectivity index (χ2v) is 5.61. The lowest BCUT2D eigenvalue weighted by Crippen LogP contribution is -2.42. The predicted octanol–water partition coefficient (Wildman–Crippen LogP) is 1.26.